The van der Waals surface area contributed by atoms with Crippen LogP contribution in [0.1, 0.15) is 24.2 Å². The number of hydrogen-bond acceptors (Lipinski definition) is 5. The number of ketones is 1. The van der Waals surface area contributed by atoms with Crippen molar-refractivity contribution >= 4 is 11.7 Å². The molecule has 0 heterocycles. The summed E-state index contributed by atoms with van der Waals surface area (Å²) in [5.41, 5.74) is 0.301. The Balaban J connectivity index is 2.67. The summed E-state index contributed by atoms with van der Waals surface area (Å²) in [5.74, 6) is -0.944. The second-order valence-corrected chi connectivity index (χ2v) is 4.38. The molecule has 0 aliphatic carbocycles. The molecule has 1 rings (SSSR count). The summed E-state index contributed by atoms with van der Waals surface area (Å²) in [4.78, 5) is 25.2. The van der Waals surface area contributed by atoms with Gasteiger partial charge in [-0.25, -0.2) is 0 Å². The molecule has 0 saturated heterocycles. The monoisotopic (exact) mass is 280 g/mol. The summed E-state index contributed by atoms with van der Waals surface area (Å²) in [6, 6.07) is 3.93. The van der Waals surface area contributed by atoms with E-state index in [1.807, 2.05) is 13.8 Å². The standard InChI is InChI=1S/C14H20N2O4/c1-3-15-14(20)9-16(4-2)8-13(19)10-5-6-11(17)12(18)7-10/h5-7,17-18H,3-4,8-9H2,1-2H3,(H,15,20). The highest BCUT2D eigenvalue weighted by molar-refractivity contribution is 5.98. The van der Waals surface area contributed by atoms with Gasteiger partial charge >= 0.3 is 0 Å². The number of Topliss-reactive ketones (excluding diaryl/α,β-unsaturated/α-hetero) is 1. The predicted molar refractivity (Wildman–Crippen MR) is 74.9 cm³/mol. The number of nitrogens with one attached hydrogen (secondary N) is 1. The van der Waals surface area contributed by atoms with Gasteiger partial charge in [-0.3, -0.25) is 14.5 Å². The molecule has 0 spiro atoms. The van der Waals surface area contributed by atoms with E-state index in [9.17, 15) is 19.8 Å². The number of amides is 1. The van der Waals surface area contributed by atoms with E-state index >= 15 is 0 Å². The Bertz CT molecular complexity index is 488. The fourth-order valence-electron chi connectivity index (χ4n) is 1.73. The van der Waals surface area contributed by atoms with Crippen molar-refractivity contribution in [3.63, 3.8) is 0 Å². The second kappa shape index (κ2) is 7.49. The minimum atomic E-state index is -0.331. The summed E-state index contributed by atoms with van der Waals surface area (Å²) in [5, 5.41) is 21.3. The van der Waals surface area contributed by atoms with Crippen molar-refractivity contribution in [2.75, 3.05) is 26.2 Å². The first kappa shape index (κ1) is 16.0. The molecule has 1 amide bonds. The van der Waals surface area contributed by atoms with E-state index in [2.05, 4.69) is 5.32 Å². The van der Waals surface area contributed by atoms with E-state index in [1.165, 1.54) is 18.2 Å². The van der Waals surface area contributed by atoms with E-state index in [0.29, 0.717) is 18.7 Å². The Hall–Kier alpha value is -2.08. The van der Waals surface area contributed by atoms with Crippen LogP contribution in [0.5, 0.6) is 11.5 Å². The summed E-state index contributed by atoms with van der Waals surface area (Å²) < 4.78 is 0. The molecule has 0 aromatic heterocycles. The summed E-state index contributed by atoms with van der Waals surface area (Å²) in [6.45, 7) is 5.04. The molecule has 0 aliphatic heterocycles. The van der Waals surface area contributed by atoms with Gasteiger partial charge in [0, 0.05) is 12.1 Å². The fourth-order valence-corrected chi connectivity index (χ4v) is 1.73. The highest BCUT2D eigenvalue weighted by Crippen LogP contribution is 2.25. The molecule has 0 fully saturated rings. The third kappa shape index (κ3) is 4.55. The molecule has 0 unspecified atom stereocenters. The van der Waals surface area contributed by atoms with Crippen molar-refractivity contribution in [2.45, 2.75) is 13.8 Å². The third-order valence-electron chi connectivity index (χ3n) is 2.85. The van der Waals surface area contributed by atoms with E-state index in [1.54, 1.807) is 4.90 Å². The van der Waals surface area contributed by atoms with E-state index in [-0.39, 0.29) is 36.3 Å². The largest absolute Gasteiger partial charge is 0.504 e. The molecule has 0 saturated carbocycles. The maximum atomic E-state index is 12.1. The molecule has 3 N–H and O–H groups in total. The minimum Gasteiger partial charge on any atom is -0.504 e. The van der Waals surface area contributed by atoms with Crippen molar-refractivity contribution in [2.24, 2.45) is 0 Å². The normalized spacial score (nSPS) is 10.6. The van der Waals surface area contributed by atoms with Crippen LogP contribution in [-0.4, -0.2) is 53.0 Å². The van der Waals surface area contributed by atoms with Gasteiger partial charge < -0.3 is 15.5 Å². The number of phenolic OH excluding ortho intramolecular Hbond substituents is 2. The number of carbonyl (C=O) groups excluding carboxylic acids is 2. The quantitative estimate of drug-likeness (QED) is 0.506. The number of likely N-dealkylation sites (N-methyl/N-ethyl adjacent to an activating group) is 2. The lowest BCUT2D eigenvalue weighted by atomic mass is 10.1. The van der Waals surface area contributed by atoms with Gasteiger partial charge in [0.1, 0.15) is 0 Å². The van der Waals surface area contributed by atoms with Gasteiger partial charge in [-0.2, -0.15) is 0 Å². The molecule has 1 aromatic rings. The minimum absolute atomic E-state index is 0.0812. The first-order chi connectivity index (χ1) is 9.47. The van der Waals surface area contributed by atoms with Gasteiger partial charge in [0.15, 0.2) is 17.3 Å². The van der Waals surface area contributed by atoms with Gasteiger partial charge in [-0.1, -0.05) is 6.92 Å². The summed E-state index contributed by atoms with van der Waals surface area (Å²) in [6.07, 6.45) is 0. The number of benzene rings is 1. The van der Waals surface area contributed by atoms with Crippen molar-refractivity contribution in [1.82, 2.24) is 10.2 Å². The number of hydrogen-bond donors (Lipinski definition) is 3. The van der Waals surface area contributed by atoms with Crippen LogP contribution in [0.3, 0.4) is 0 Å². The van der Waals surface area contributed by atoms with Crippen molar-refractivity contribution in [1.29, 1.82) is 0 Å². The molecule has 0 bridgehead atoms. The van der Waals surface area contributed by atoms with Gasteiger partial charge in [0.25, 0.3) is 0 Å². The van der Waals surface area contributed by atoms with Crippen LogP contribution < -0.4 is 5.32 Å². The Morgan fingerprint density at radius 3 is 2.40 bits per heavy atom. The lowest BCUT2D eigenvalue weighted by Gasteiger charge is -2.18. The molecule has 20 heavy (non-hydrogen) atoms. The molecular weight excluding hydrogens is 260 g/mol. The molecule has 1 aromatic carbocycles. The second-order valence-electron chi connectivity index (χ2n) is 4.38. The Morgan fingerprint density at radius 1 is 1.15 bits per heavy atom. The maximum absolute atomic E-state index is 12.1. The van der Waals surface area contributed by atoms with E-state index < -0.39 is 0 Å². The van der Waals surface area contributed by atoms with Gasteiger partial charge in [-0.05, 0) is 31.7 Å². The first-order valence-electron chi connectivity index (χ1n) is 6.52. The van der Waals surface area contributed by atoms with Crippen LogP contribution in [0.15, 0.2) is 18.2 Å². The SMILES string of the molecule is CCNC(=O)CN(CC)CC(=O)c1ccc(O)c(O)c1. The topological polar surface area (TPSA) is 89.9 Å². The Labute approximate surface area is 118 Å². The molecule has 6 nitrogen and oxygen atoms in total. The zero-order valence-electron chi connectivity index (χ0n) is 11.7. The zero-order valence-corrected chi connectivity index (χ0v) is 11.7. The average molecular weight is 280 g/mol. The maximum Gasteiger partial charge on any atom is 0.234 e. The van der Waals surface area contributed by atoms with Crippen molar-refractivity contribution in [3.8, 4) is 11.5 Å². The Morgan fingerprint density at radius 2 is 1.85 bits per heavy atom. The summed E-state index contributed by atoms with van der Waals surface area (Å²) in [7, 11) is 0. The van der Waals surface area contributed by atoms with Gasteiger partial charge in [0.2, 0.25) is 5.91 Å². The van der Waals surface area contributed by atoms with Crippen molar-refractivity contribution < 1.29 is 19.8 Å². The van der Waals surface area contributed by atoms with E-state index in [0.717, 1.165) is 0 Å². The number of nitrogens with zero attached hydrogens (tertiary/aromatic N) is 1. The van der Waals surface area contributed by atoms with Crippen LogP contribution in [0.2, 0.25) is 0 Å². The van der Waals surface area contributed by atoms with E-state index in [4.69, 9.17) is 0 Å². The Kier molecular flexibility index (Phi) is 5.99. The molecule has 0 atom stereocenters. The average Bonchev–Trinajstić information content (AvgIpc) is 2.41. The summed E-state index contributed by atoms with van der Waals surface area (Å²) >= 11 is 0. The fraction of sp³-hybridized carbons (Fsp3) is 0.429. The molecular formula is C14H20N2O4. The molecule has 0 radical (unpaired) electrons. The predicted octanol–water partition coefficient (Wildman–Crippen LogP) is 0.738. The number of phenols is 2. The van der Waals surface area contributed by atoms with Crippen LogP contribution in [-0.2, 0) is 4.79 Å². The first-order valence-corrected chi connectivity index (χ1v) is 6.52. The van der Waals surface area contributed by atoms with Crippen LogP contribution >= 0.6 is 0 Å². The van der Waals surface area contributed by atoms with Crippen LogP contribution in [0.25, 0.3) is 0 Å². The smallest absolute Gasteiger partial charge is 0.234 e. The molecule has 110 valence electrons. The van der Waals surface area contributed by atoms with Crippen molar-refractivity contribution in [3.05, 3.63) is 23.8 Å². The number of rotatable bonds is 7. The zero-order chi connectivity index (χ0) is 15.1. The van der Waals surface area contributed by atoms with Gasteiger partial charge in [-0.15, -0.1) is 0 Å². The molecule has 6 heteroatoms. The highest BCUT2D eigenvalue weighted by atomic mass is 16.3. The van der Waals surface area contributed by atoms with Gasteiger partial charge in [0.05, 0.1) is 13.1 Å². The lowest BCUT2D eigenvalue weighted by molar-refractivity contribution is -0.121. The molecule has 0 aliphatic rings. The highest BCUT2D eigenvalue weighted by Gasteiger charge is 2.15. The number of carbonyl (C=O) groups is 2. The lowest BCUT2D eigenvalue weighted by Crippen LogP contribution is -2.39. The number of aromatic hydroxyl groups is 2. The van der Waals surface area contributed by atoms with Crippen LogP contribution in [0, 0.1) is 0 Å². The van der Waals surface area contributed by atoms with Crippen LogP contribution in [0.4, 0.5) is 0 Å². The third-order valence-corrected chi connectivity index (χ3v) is 2.85.